The Morgan fingerprint density at radius 1 is 0.912 bits per heavy atom. The number of nitrogens with one attached hydrogen (secondary N) is 1. The highest BCUT2D eigenvalue weighted by Gasteiger charge is 2.29. The van der Waals surface area contributed by atoms with Crippen LogP contribution in [0.4, 0.5) is 0 Å². The van der Waals surface area contributed by atoms with Crippen LogP contribution in [-0.2, 0) is 22.4 Å². The lowest BCUT2D eigenvalue weighted by molar-refractivity contribution is -0.141. The van der Waals surface area contributed by atoms with Gasteiger partial charge in [-0.15, -0.1) is 0 Å². The number of amides is 2. The highest BCUT2D eigenvalue weighted by molar-refractivity contribution is 5.88. The molecule has 0 bridgehead atoms. The third-order valence-electron chi connectivity index (χ3n) is 7.10. The first kappa shape index (κ1) is 26.0. The summed E-state index contributed by atoms with van der Waals surface area (Å²) >= 11 is 0. The molecule has 1 atom stereocenters. The van der Waals surface area contributed by atoms with Crippen LogP contribution in [0.25, 0.3) is 0 Å². The SMILES string of the molecule is CC[C@@H](C(=O)NC1CCCCC1)N(CCc1ccccc1)C(=O)CCc1ccc(C(C)C)cc1. The predicted octanol–water partition coefficient (Wildman–Crippen LogP) is 6.04. The van der Waals surface area contributed by atoms with E-state index in [0.717, 1.165) is 19.3 Å². The van der Waals surface area contributed by atoms with Gasteiger partial charge in [0.1, 0.15) is 6.04 Å². The Kier molecular flexibility index (Phi) is 10.2. The molecular weight excluding hydrogens is 420 g/mol. The first-order chi connectivity index (χ1) is 16.5. The minimum absolute atomic E-state index is 0.0112. The van der Waals surface area contributed by atoms with Crippen LogP contribution < -0.4 is 5.32 Å². The number of rotatable bonds is 11. The smallest absolute Gasteiger partial charge is 0.243 e. The largest absolute Gasteiger partial charge is 0.352 e. The van der Waals surface area contributed by atoms with Crippen molar-refractivity contribution in [2.24, 2.45) is 0 Å². The zero-order valence-electron chi connectivity index (χ0n) is 21.3. The van der Waals surface area contributed by atoms with Crippen LogP contribution in [0.3, 0.4) is 0 Å². The molecule has 0 aromatic heterocycles. The maximum atomic E-state index is 13.5. The van der Waals surface area contributed by atoms with Crippen LogP contribution >= 0.6 is 0 Å². The molecule has 4 heteroatoms. The molecule has 0 heterocycles. The Morgan fingerprint density at radius 2 is 1.56 bits per heavy atom. The van der Waals surface area contributed by atoms with Crippen molar-refractivity contribution >= 4 is 11.8 Å². The zero-order valence-corrected chi connectivity index (χ0v) is 21.3. The zero-order chi connectivity index (χ0) is 24.3. The summed E-state index contributed by atoms with van der Waals surface area (Å²) in [6, 6.07) is 18.6. The Morgan fingerprint density at radius 3 is 2.18 bits per heavy atom. The number of benzene rings is 2. The lowest BCUT2D eigenvalue weighted by atomic mass is 9.95. The Hall–Kier alpha value is -2.62. The fraction of sp³-hybridized carbons (Fsp3) is 0.533. The van der Waals surface area contributed by atoms with Crippen molar-refractivity contribution in [1.82, 2.24) is 10.2 Å². The van der Waals surface area contributed by atoms with Gasteiger partial charge in [0.05, 0.1) is 0 Å². The van der Waals surface area contributed by atoms with E-state index in [0.29, 0.717) is 31.7 Å². The van der Waals surface area contributed by atoms with Gasteiger partial charge in [0, 0.05) is 19.0 Å². The van der Waals surface area contributed by atoms with E-state index in [1.807, 2.05) is 30.0 Å². The van der Waals surface area contributed by atoms with Crippen molar-refractivity contribution in [2.75, 3.05) is 6.54 Å². The highest BCUT2D eigenvalue weighted by atomic mass is 16.2. The number of hydrogen-bond donors (Lipinski definition) is 1. The number of aryl methyl sites for hydroxylation is 1. The molecule has 0 unspecified atom stereocenters. The van der Waals surface area contributed by atoms with Crippen LogP contribution in [0.2, 0.25) is 0 Å². The Labute approximate surface area is 206 Å². The molecule has 1 fully saturated rings. The fourth-order valence-electron chi connectivity index (χ4n) is 4.90. The molecule has 34 heavy (non-hydrogen) atoms. The number of carbonyl (C=O) groups excluding carboxylic acids is 2. The van der Waals surface area contributed by atoms with E-state index in [-0.39, 0.29) is 17.9 Å². The second-order valence-corrected chi connectivity index (χ2v) is 9.99. The third-order valence-corrected chi connectivity index (χ3v) is 7.10. The van der Waals surface area contributed by atoms with Gasteiger partial charge in [-0.25, -0.2) is 0 Å². The summed E-state index contributed by atoms with van der Waals surface area (Å²) < 4.78 is 0. The van der Waals surface area contributed by atoms with E-state index in [4.69, 9.17) is 0 Å². The molecule has 0 spiro atoms. The van der Waals surface area contributed by atoms with Crippen LogP contribution in [-0.4, -0.2) is 35.3 Å². The summed E-state index contributed by atoms with van der Waals surface area (Å²) in [7, 11) is 0. The van der Waals surface area contributed by atoms with E-state index in [1.54, 1.807) is 0 Å². The summed E-state index contributed by atoms with van der Waals surface area (Å²) in [5.41, 5.74) is 3.66. The molecule has 1 aliphatic carbocycles. The monoisotopic (exact) mass is 462 g/mol. The first-order valence-electron chi connectivity index (χ1n) is 13.2. The number of nitrogens with zero attached hydrogens (tertiary/aromatic N) is 1. The van der Waals surface area contributed by atoms with Crippen molar-refractivity contribution in [3.05, 3.63) is 71.3 Å². The molecular formula is C30H42N2O2. The van der Waals surface area contributed by atoms with E-state index >= 15 is 0 Å². The molecule has 1 saturated carbocycles. The van der Waals surface area contributed by atoms with E-state index in [9.17, 15) is 9.59 Å². The highest BCUT2D eigenvalue weighted by Crippen LogP contribution is 2.19. The lowest BCUT2D eigenvalue weighted by Crippen LogP contribution is -2.52. The first-order valence-corrected chi connectivity index (χ1v) is 13.2. The molecule has 0 aliphatic heterocycles. The van der Waals surface area contributed by atoms with Crippen molar-refractivity contribution in [2.45, 2.75) is 96.6 Å². The number of hydrogen-bond acceptors (Lipinski definition) is 2. The molecule has 3 rings (SSSR count). The minimum atomic E-state index is -0.415. The molecule has 0 saturated heterocycles. The number of carbonyl (C=O) groups is 2. The molecule has 1 N–H and O–H groups in total. The van der Waals surface area contributed by atoms with Crippen LogP contribution in [0.15, 0.2) is 54.6 Å². The lowest BCUT2D eigenvalue weighted by Gasteiger charge is -2.33. The van der Waals surface area contributed by atoms with Crippen LogP contribution in [0, 0.1) is 0 Å². The fourth-order valence-corrected chi connectivity index (χ4v) is 4.90. The van der Waals surface area contributed by atoms with Crippen LogP contribution in [0.5, 0.6) is 0 Å². The van der Waals surface area contributed by atoms with Crippen molar-refractivity contribution in [3.63, 3.8) is 0 Å². The van der Waals surface area contributed by atoms with E-state index in [2.05, 4.69) is 55.6 Å². The summed E-state index contributed by atoms with van der Waals surface area (Å²) in [4.78, 5) is 28.6. The van der Waals surface area contributed by atoms with Gasteiger partial charge in [0.2, 0.25) is 11.8 Å². The molecule has 2 amide bonds. The van der Waals surface area contributed by atoms with Gasteiger partial charge in [0.15, 0.2) is 0 Å². The second-order valence-electron chi connectivity index (χ2n) is 9.99. The van der Waals surface area contributed by atoms with Gasteiger partial charge in [-0.1, -0.05) is 94.6 Å². The van der Waals surface area contributed by atoms with E-state index in [1.165, 1.54) is 36.0 Å². The minimum Gasteiger partial charge on any atom is -0.352 e. The van der Waals surface area contributed by atoms with E-state index < -0.39 is 6.04 Å². The Bertz CT molecular complexity index is 886. The molecule has 2 aromatic rings. The summed E-state index contributed by atoms with van der Waals surface area (Å²) in [5.74, 6) is 0.573. The molecule has 4 nitrogen and oxygen atoms in total. The van der Waals surface area contributed by atoms with Crippen molar-refractivity contribution in [1.29, 1.82) is 0 Å². The second kappa shape index (κ2) is 13.3. The predicted molar refractivity (Wildman–Crippen MR) is 140 cm³/mol. The molecule has 184 valence electrons. The van der Waals surface area contributed by atoms with Gasteiger partial charge in [0.25, 0.3) is 0 Å². The van der Waals surface area contributed by atoms with Gasteiger partial charge >= 0.3 is 0 Å². The van der Waals surface area contributed by atoms with Crippen molar-refractivity contribution in [3.8, 4) is 0 Å². The van der Waals surface area contributed by atoms with Crippen LogP contribution in [0.1, 0.15) is 88.3 Å². The standard InChI is InChI=1S/C30H42N2O2/c1-4-28(30(34)31-27-13-9-6-10-14-27)32(22-21-24-11-7-5-8-12-24)29(33)20-17-25-15-18-26(19-16-25)23(2)3/h5,7-8,11-12,15-16,18-19,23,27-28H,4,6,9-10,13-14,17,20-22H2,1-3H3,(H,31,34)/t28-/m0/s1. The maximum Gasteiger partial charge on any atom is 0.243 e. The quantitative estimate of drug-likeness (QED) is 0.442. The van der Waals surface area contributed by atoms with Gasteiger partial charge in [-0.05, 0) is 54.7 Å². The molecule has 2 aromatic carbocycles. The summed E-state index contributed by atoms with van der Waals surface area (Å²) in [6.07, 6.45) is 8.19. The van der Waals surface area contributed by atoms with Gasteiger partial charge in [-0.2, -0.15) is 0 Å². The maximum absolute atomic E-state index is 13.5. The third kappa shape index (κ3) is 7.72. The summed E-state index contributed by atoms with van der Waals surface area (Å²) in [5, 5.41) is 3.26. The average molecular weight is 463 g/mol. The average Bonchev–Trinajstić information content (AvgIpc) is 2.86. The van der Waals surface area contributed by atoms with Gasteiger partial charge in [-0.3, -0.25) is 9.59 Å². The summed E-state index contributed by atoms with van der Waals surface area (Å²) in [6.45, 7) is 6.95. The van der Waals surface area contributed by atoms with Crippen molar-refractivity contribution < 1.29 is 9.59 Å². The molecule has 0 radical (unpaired) electrons. The topological polar surface area (TPSA) is 49.4 Å². The molecule has 1 aliphatic rings. The van der Waals surface area contributed by atoms with Gasteiger partial charge < -0.3 is 10.2 Å². The Balaban J connectivity index is 1.68. The normalized spacial score (nSPS) is 15.2.